The van der Waals surface area contributed by atoms with Gasteiger partial charge in [0, 0.05) is 30.1 Å². The van der Waals surface area contributed by atoms with Crippen molar-refractivity contribution < 1.29 is 19.6 Å². The van der Waals surface area contributed by atoms with E-state index in [1.165, 1.54) is 24.0 Å². The van der Waals surface area contributed by atoms with Crippen LogP contribution in [0.3, 0.4) is 0 Å². The van der Waals surface area contributed by atoms with Crippen molar-refractivity contribution in [1.82, 2.24) is 15.1 Å². The highest BCUT2D eigenvalue weighted by Crippen LogP contribution is 2.36. The summed E-state index contributed by atoms with van der Waals surface area (Å²) < 4.78 is 1.22. The Morgan fingerprint density at radius 1 is 1.17 bits per heavy atom. The monoisotopic (exact) mass is 412 g/mol. The zero-order chi connectivity index (χ0) is 21.0. The molecule has 148 valence electrons. The summed E-state index contributed by atoms with van der Waals surface area (Å²) in [5.41, 5.74) is 0.649. The van der Waals surface area contributed by atoms with Crippen molar-refractivity contribution in [1.29, 1.82) is 0 Å². The fourth-order valence-corrected chi connectivity index (χ4v) is 3.76. The van der Waals surface area contributed by atoms with E-state index in [9.17, 15) is 24.8 Å². The van der Waals surface area contributed by atoms with Gasteiger partial charge in [0.25, 0.3) is 11.6 Å². The van der Waals surface area contributed by atoms with E-state index in [0.717, 1.165) is 11.8 Å². The number of para-hydroxylation sites is 1. The summed E-state index contributed by atoms with van der Waals surface area (Å²) in [6.07, 6.45) is 1.39. The molecular formula is C19H16N4O5S. The molecule has 3 aromatic rings. The molecule has 2 aromatic carbocycles. The predicted molar refractivity (Wildman–Crippen MR) is 105 cm³/mol. The number of nitrogens with zero attached hydrogens (tertiary/aromatic N) is 3. The Kier molecular flexibility index (Phi) is 5.93. The van der Waals surface area contributed by atoms with Crippen LogP contribution in [0.2, 0.25) is 0 Å². The third-order valence-electron chi connectivity index (χ3n) is 4.07. The second-order valence-corrected chi connectivity index (χ2v) is 7.04. The minimum Gasteiger partial charge on any atom is -0.477 e. The van der Waals surface area contributed by atoms with Crippen LogP contribution in [0.1, 0.15) is 26.4 Å². The zero-order valence-corrected chi connectivity index (χ0v) is 16.0. The molecule has 0 aliphatic rings. The maximum atomic E-state index is 12.7. The lowest BCUT2D eigenvalue weighted by atomic mass is 10.2. The summed E-state index contributed by atoms with van der Waals surface area (Å²) in [6.45, 7) is -0.0151. The summed E-state index contributed by atoms with van der Waals surface area (Å²) in [7, 11) is 1.51. The molecule has 0 spiro atoms. The molecule has 29 heavy (non-hydrogen) atoms. The molecule has 0 bridgehead atoms. The van der Waals surface area contributed by atoms with Gasteiger partial charge in [-0.1, -0.05) is 36.0 Å². The van der Waals surface area contributed by atoms with Crippen molar-refractivity contribution in [3.05, 3.63) is 81.7 Å². The Hall–Kier alpha value is -3.66. The van der Waals surface area contributed by atoms with Crippen LogP contribution in [0, 0.1) is 10.1 Å². The van der Waals surface area contributed by atoms with Crippen molar-refractivity contribution in [2.75, 3.05) is 0 Å². The molecule has 0 aliphatic heterocycles. The number of hydrogen-bond acceptors (Lipinski definition) is 6. The van der Waals surface area contributed by atoms with Gasteiger partial charge < -0.3 is 10.4 Å². The largest absolute Gasteiger partial charge is 0.477 e. The molecule has 3 rings (SSSR count). The number of nitrogens with one attached hydrogen (secondary N) is 1. The first kappa shape index (κ1) is 20.1. The number of nitro benzene ring substituents is 1. The number of carbonyl (C=O) groups is 2. The normalized spacial score (nSPS) is 10.5. The smallest absolute Gasteiger partial charge is 0.354 e. The van der Waals surface area contributed by atoms with Gasteiger partial charge in [0.2, 0.25) is 0 Å². The summed E-state index contributed by atoms with van der Waals surface area (Å²) in [6, 6.07) is 13.0. The minimum atomic E-state index is -1.14. The van der Waals surface area contributed by atoms with Crippen molar-refractivity contribution in [3.63, 3.8) is 0 Å². The molecule has 0 aliphatic carbocycles. The van der Waals surface area contributed by atoms with Crippen molar-refractivity contribution in [3.8, 4) is 0 Å². The lowest BCUT2D eigenvalue weighted by molar-refractivity contribution is -0.387. The molecule has 0 saturated heterocycles. The molecule has 9 nitrogen and oxygen atoms in total. The molecule has 0 saturated carbocycles. The second kappa shape index (κ2) is 8.57. The minimum absolute atomic E-state index is 0.00660. The van der Waals surface area contributed by atoms with E-state index in [-0.39, 0.29) is 17.9 Å². The van der Waals surface area contributed by atoms with Crippen LogP contribution in [0.5, 0.6) is 0 Å². The van der Waals surface area contributed by atoms with Gasteiger partial charge in [-0.25, -0.2) is 4.79 Å². The fraction of sp³-hybridized carbons (Fsp3) is 0.105. The summed E-state index contributed by atoms with van der Waals surface area (Å²) in [4.78, 5) is 35.8. The Morgan fingerprint density at radius 2 is 1.83 bits per heavy atom. The third kappa shape index (κ3) is 4.43. The van der Waals surface area contributed by atoms with Gasteiger partial charge in [-0.05, 0) is 18.2 Å². The average Bonchev–Trinajstić information content (AvgIpc) is 3.07. The Balaban J connectivity index is 1.81. The van der Waals surface area contributed by atoms with E-state index in [0.29, 0.717) is 20.9 Å². The maximum absolute atomic E-state index is 12.7. The van der Waals surface area contributed by atoms with E-state index in [1.807, 2.05) is 0 Å². The number of amides is 1. The predicted octanol–water partition coefficient (Wildman–Crippen LogP) is 3.11. The number of benzene rings is 2. The van der Waals surface area contributed by atoms with E-state index >= 15 is 0 Å². The first-order valence-corrected chi connectivity index (χ1v) is 9.22. The summed E-state index contributed by atoms with van der Waals surface area (Å²) in [5.74, 6) is -1.56. The number of carbonyl (C=O) groups excluding carboxylic acids is 1. The second-order valence-electron chi connectivity index (χ2n) is 5.95. The molecule has 10 heteroatoms. The molecule has 0 radical (unpaired) electrons. The standard InChI is InChI=1S/C19H16N4O5S/c1-22-17(19(25)26)12(11-21-22)10-20-18(24)13-6-2-4-8-15(13)29-16-9-5-3-7-14(16)23(27)28/h2-9,11H,10H2,1H3,(H,20,24)(H,25,26). The number of aromatic carboxylic acids is 1. The van der Waals surface area contributed by atoms with E-state index < -0.39 is 16.8 Å². The van der Waals surface area contributed by atoms with Gasteiger partial charge in [0.05, 0.1) is 21.6 Å². The fourth-order valence-electron chi connectivity index (χ4n) is 2.71. The molecule has 1 amide bonds. The number of carboxylic acid groups (broad SMARTS) is 1. The molecule has 1 aromatic heterocycles. The van der Waals surface area contributed by atoms with Crippen LogP contribution in [-0.2, 0) is 13.6 Å². The molecule has 0 unspecified atom stereocenters. The highest BCUT2D eigenvalue weighted by molar-refractivity contribution is 7.99. The van der Waals surface area contributed by atoms with Crippen LogP contribution in [0.25, 0.3) is 0 Å². The lowest BCUT2D eigenvalue weighted by Crippen LogP contribution is -2.24. The SMILES string of the molecule is Cn1ncc(CNC(=O)c2ccccc2Sc2ccccc2[N+](=O)[O-])c1C(=O)O. The third-order valence-corrected chi connectivity index (χ3v) is 5.21. The average molecular weight is 412 g/mol. The Labute approximate surface area is 169 Å². The van der Waals surface area contributed by atoms with Gasteiger partial charge in [-0.3, -0.25) is 19.6 Å². The molecule has 0 atom stereocenters. The van der Waals surface area contributed by atoms with Gasteiger partial charge in [-0.15, -0.1) is 0 Å². The van der Waals surface area contributed by atoms with Crippen LogP contribution >= 0.6 is 11.8 Å². The summed E-state index contributed by atoms with van der Waals surface area (Å²) >= 11 is 1.12. The number of aryl methyl sites for hydroxylation is 1. The van der Waals surface area contributed by atoms with E-state index in [1.54, 1.807) is 42.5 Å². The number of hydrogen-bond donors (Lipinski definition) is 2. The van der Waals surface area contributed by atoms with E-state index in [2.05, 4.69) is 10.4 Å². The van der Waals surface area contributed by atoms with Gasteiger partial charge in [0.1, 0.15) is 0 Å². The van der Waals surface area contributed by atoms with Crippen LogP contribution in [0.4, 0.5) is 5.69 Å². The first-order chi connectivity index (χ1) is 13.9. The van der Waals surface area contributed by atoms with Gasteiger partial charge in [0.15, 0.2) is 5.69 Å². The highest BCUT2D eigenvalue weighted by Gasteiger charge is 2.19. The Morgan fingerprint density at radius 3 is 2.52 bits per heavy atom. The van der Waals surface area contributed by atoms with Crippen molar-refractivity contribution in [2.45, 2.75) is 16.3 Å². The van der Waals surface area contributed by atoms with Crippen LogP contribution < -0.4 is 5.32 Å². The topological polar surface area (TPSA) is 127 Å². The van der Waals surface area contributed by atoms with Crippen LogP contribution in [-0.4, -0.2) is 31.7 Å². The maximum Gasteiger partial charge on any atom is 0.354 e. The molecule has 0 fully saturated rings. The number of nitro groups is 1. The Bertz CT molecular complexity index is 1100. The summed E-state index contributed by atoms with van der Waals surface area (Å²) in [5, 5.41) is 27.1. The quantitative estimate of drug-likeness (QED) is 0.451. The first-order valence-electron chi connectivity index (χ1n) is 8.41. The van der Waals surface area contributed by atoms with Gasteiger partial charge >= 0.3 is 5.97 Å². The number of aromatic nitrogens is 2. The number of rotatable bonds is 7. The van der Waals surface area contributed by atoms with Crippen LogP contribution in [0.15, 0.2) is 64.5 Å². The van der Waals surface area contributed by atoms with Crippen molar-refractivity contribution in [2.24, 2.45) is 7.05 Å². The lowest BCUT2D eigenvalue weighted by Gasteiger charge is -2.10. The number of carboxylic acids is 1. The highest BCUT2D eigenvalue weighted by atomic mass is 32.2. The molecule has 2 N–H and O–H groups in total. The van der Waals surface area contributed by atoms with Crippen molar-refractivity contribution >= 4 is 29.3 Å². The van der Waals surface area contributed by atoms with E-state index in [4.69, 9.17) is 0 Å². The zero-order valence-electron chi connectivity index (χ0n) is 15.2. The molecule has 1 heterocycles. The van der Waals surface area contributed by atoms with Gasteiger partial charge in [-0.2, -0.15) is 5.10 Å². The molecular weight excluding hydrogens is 396 g/mol.